The molecule has 0 saturated heterocycles. The van der Waals surface area contributed by atoms with E-state index in [1.165, 1.54) is 11.3 Å². The first-order valence-electron chi connectivity index (χ1n) is 4.84. The molecule has 0 unspecified atom stereocenters. The third-order valence-corrected chi connectivity index (χ3v) is 2.82. The molecule has 16 heavy (non-hydrogen) atoms. The summed E-state index contributed by atoms with van der Waals surface area (Å²) in [6.07, 6.45) is 4.13. The van der Waals surface area contributed by atoms with Gasteiger partial charge in [0.05, 0.1) is 5.69 Å². The van der Waals surface area contributed by atoms with Gasteiger partial charge in [-0.1, -0.05) is 0 Å². The van der Waals surface area contributed by atoms with E-state index in [0.29, 0.717) is 18.0 Å². The molecule has 5 heteroatoms. The predicted octanol–water partition coefficient (Wildman–Crippen LogP) is 1.47. The molecular formula is C11H11N3OS. The summed E-state index contributed by atoms with van der Waals surface area (Å²) in [4.78, 5) is 19.7. The highest BCUT2D eigenvalue weighted by molar-refractivity contribution is 7.13. The summed E-state index contributed by atoms with van der Waals surface area (Å²) in [5.74, 6) is 0.136. The molecule has 0 spiro atoms. The number of rotatable bonds is 4. The Morgan fingerprint density at radius 2 is 2.06 bits per heavy atom. The number of ketones is 1. The second kappa shape index (κ2) is 4.85. The van der Waals surface area contributed by atoms with Gasteiger partial charge in [0.25, 0.3) is 0 Å². The lowest BCUT2D eigenvalue weighted by Gasteiger charge is -1.98. The van der Waals surface area contributed by atoms with Crippen LogP contribution in [0.4, 0.5) is 5.13 Å². The summed E-state index contributed by atoms with van der Waals surface area (Å²) in [5.41, 5.74) is 7.22. The minimum absolute atomic E-state index is 0.136. The molecule has 0 radical (unpaired) electrons. The Bertz CT molecular complexity index is 481. The summed E-state index contributed by atoms with van der Waals surface area (Å²) in [6.45, 7) is 0. The van der Waals surface area contributed by atoms with Crippen molar-refractivity contribution in [2.75, 3.05) is 5.73 Å². The summed E-state index contributed by atoms with van der Waals surface area (Å²) in [6, 6.07) is 3.68. The van der Waals surface area contributed by atoms with E-state index in [0.717, 1.165) is 11.3 Å². The minimum atomic E-state index is 0.136. The highest BCUT2D eigenvalue weighted by atomic mass is 32.1. The molecule has 0 aliphatic carbocycles. The number of carbonyl (C=O) groups excluding carboxylic acids is 1. The fourth-order valence-electron chi connectivity index (χ4n) is 1.40. The molecule has 82 valence electrons. The molecule has 2 heterocycles. The van der Waals surface area contributed by atoms with Crippen LogP contribution in [0.3, 0.4) is 0 Å². The summed E-state index contributed by atoms with van der Waals surface area (Å²) < 4.78 is 0. The predicted molar refractivity (Wildman–Crippen MR) is 63.2 cm³/mol. The second-order valence-electron chi connectivity index (χ2n) is 3.42. The van der Waals surface area contributed by atoms with Crippen LogP contribution in [0.25, 0.3) is 0 Å². The van der Waals surface area contributed by atoms with E-state index in [-0.39, 0.29) is 5.78 Å². The molecule has 0 atom stereocenters. The van der Waals surface area contributed by atoms with Gasteiger partial charge in [-0.2, -0.15) is 0 Å². The van der Waals surface area contributed by atoms with Gasteiger partial charge in [0, 0.05) is 30.6 Å². The maximum Gasteiger partial charge on any atom is 0.180 e. The molecule has 0 aliphatic heterocycles. The normalized spacial score (nSPS) is 10.2. The lowest BCUT2D eigenvalue weighted by atomic mass is 10.1. The average Bonchev–Trinajstić information content (AvgIpc) is 2.65. The van der Waals surface area contributed by atoms with Crippen LogP contribution in [0.5, 0.6) is 0 Å². The Morgan fingerprint density at radius 1 is 1.31 bits per heavy atom. The number of hydrogen-bond donors (Lipinski definition) is 1. The van der Waals surface area contributed by atoms with Crippen LogP contribution in [0.1, 0.15) is 11.3 Å². The number of nitrogens with zero attached hydrogens (tertiary/aromatic N) is 2. The molecule has 4 nitrogen and oxygen atoms in total. The van der Waals surface area contributed by atoms with Gasteiger partial charge in [-0.05, 0) is 17.7 Å². The molecular weight excluding hydrogens is 222 g/mol. The van der Waals surface area contributed by atoms with E-state index in [2.05, 4.69) is 9.97 Å². The summed E-state index contributed by atoms with van der Waals surface area (Å²) >= 11 is 1.36. The standard InChI is InChI=1S/C11H11N3OS/c12-11-14-9(7-16-11)6-10(15)5-8-1-3-13-4-2-8/h1-4,7H,5-6H2,(H2,12,14). The van der Waals surface area contributed by atoms with Crippen molar-refractivity contribution in [2.24, 2.45) is 0 Å². The topological polar surface area (TPSA) is 68.9 Å². The molecule has 0 fully saturated rings. The van der Waals surface area contributed by atoms with Crippen molar-refractivity contribution in [3.63, 3.8) is 0 Å². The Morgan fingerprint density at radius 3 is 2.69 bits per heavy atom. The van der Waals surface area contributed by atoms with Gasteiger partial charge in [0.15, 0.2) is 5.13 Å². The zero-order valence-corrected chi connectivity index (χ0v) is 9.41. The Hall–Kier alpha value is -1.75. The molecule has 2 rings (SSSR count). The number of hydrogen-bond acceptors (Lipinski definition) is 5. The second-order valence-corrected chi connectivity index (χ2v) is 4.31. The molecule has 2 N–H and O–H groups in total. The van der Waals surface area contributed by atoms with E-state index in [1.807, 2.05) is 17.5 Å². The SMILES string of the molecule is Nc1nc(CC(=O)Cc2ccncc2)cs1. The van der Waals surface area contributed by atoms with Gasteiger partial charge in [0.1, 0.15) is 5.78 Å². The lowest BCUT2D eigenvalue weighted by molar-refractivity contribution is -0.117. The van der Waals surface area contributed by atoms with E-state index in [1.54, 1.807) is 12.4 Å². The molecule has 2 aromatic heterocycles. The number of thiazole rings is 1. The quantitative estimate of drug-likeness (QED) is 0.868. The van der Waals surface area contributed by atoms with E-state index >= 15 is 0 Å². The van der Waals surface area contributed by atoms with Gasteiger partial charge in [0.2, 0.25) is 0 Å². The average molecular weight is 233 g/mol. The molecule has 0 amide bonds. The third kappa shape index (κ3) is 2.87. The van der Waals surface area contributed by atoms with Gasteiger partial charge >= 0.3 is 0 Å². The van der Waals surface area contributed by atoms with Crippen LogP contribution in [0.2, 0.25) is 0 Å². The monoisotopic (exact) mass is 233 g/mol. The van der Waals surface area contributed by atoms with Crippen molar-refractivity contribution >= 4 is 22.3 Å². The molecule has 0 aromatic carbocycles. The zero-order chi connectivity index (χ0) is 11.4. The van der Waals surface area contributed by atoms with E-state index in [9.17, 15) is 4.79 Å². The van der Waals surface area contributed by atoms with Crippen LogP contribution < -0.4 is 5.73 Å². The molecule has 0 aliphatic rings. The fourth-order valence-corrected chi connectivity index (χ4v) is 1.96. The fraction of sp³-hybridized carbons (Fsp3) is 0.182. The number of pyridine rings is 1. The highest BCUT2D eigenvalue weighted by Crippen LogP contribution is 2.12. The molecule has 0 bridgehead atoms. The van der Waals surface area contributed by atoms with Crippen LogP contribution in [-0.2, 0) is 17.6 Å². The van der Waals surface area contributed by atoms with Crippen molar-refractivity contribution in [3.8, 4) is 0 Å². The first-order valence-corrected chi connectivity index (χ1v) is 5.72. The van der Waals surface area contributed by atoms with E-state index < -0.39 is 0 Å². The van der Waals surface area contributed by atoms with Crippen LogP contribution in [-0.4, -0.2) is 15.8 Å². The number of carbonyl (C=O) groups is 1. The van der Waals surface area contributed by atoms with Crippen LogP contribution >= 0.6 is 11.3 Å². The first-order chi connectivity index (χ1) is 7.74. The maximum absolute atomic E-state index is 11.7. The number of aromatic nitrogens is 2. The molecule has 0 saturated carbocycles. The number of Topliss-reactive ketones (excluding diaryl/α,β-unsaturated/α-hetero) is 1. The van der Waals surface area contributed by atoms with Gasteiger partial charge < -0.3 is 5.73 Å². The zero-order valence-electron chi connectivity index (χ0n) is 8.59. The lowest BCUT2D eigenvalue weighted by Crippen LogP contribution is -2.06. The third-order valence-electron chi connectivity index (χ3n) is 2.10. The Balaban J connectivity index is 1.95. The summed E-state index contributed by atoms with van der Waals surface area (Å²) in [7, 11) is 0. The first kappa shape index (κ1) is 10.8. The van der Waals surface area contributed by atoms with Crippen molar-refractivity contribution in [1.29, 1.82) is 0 Å². The van der Waals surface area contributed by atoms with Gasteiger partial charge in [-0.15, -0.1) is 11.3 Å². The number of nitrogen functional groups attached to an aromatic ring is 1. The maximum atomic E-state index is 11.7. The van der Waals surface area contributed by atoms with Crippen molar-refractivity contribution in [3.05, 3.63) is 41.2 Å². The summed E-state index contributed by atoms with van der Waals surface area (Å²) in [5, 5.41) is 2.33. The van der Waals surface area contributed by atoms with Crippen molar-refractivity contribution in [2.45, 2.75) is 12.8 Å². The van der Waals surface area contributed by atoms with Gasteiger partial charge in [-0.25, -0.2) is 4.98 Å². The van der Waals surface area contributed by atoms with Gasteiger partial charge in [-0.3, -0.25) is 9.78 Å². The Kier molecular flexibility index (Phi) is 3.26. The van der Waals surface area contributed by atoms with Crippen molar-refractivity contribution in [1.82, 2.24) is 9.97 Å². The highest BCUT2D eigenvalue weighted by Gasteiger charge is 2.07. The van der Waals surface area contributed by atoms with Crippen molar-refractivity contribution < 1.29 is 4.79 Å². The molecule has 2 aromatic rings. The number of nitrogens with two attached hydrogens (primary N) is 1. The largest absolute Gasteiger partial charge is 0.375 e. The number of anilines is 1. The Labute approximate surface area is 97.2 Å². The minimum Gasteiger partial charge on any atom is -0.375 e. The van der Waals surface area contributed by atoms with E-state index in [4.69, 9.17) is 5.73 Å². The smallest absolute Gasteiger partial charge is 0.180 e. The van der Waals surface area contributed by atoms with Crippen LogP contribution in [0.15, 0.2) is 29.9 Å². The van der Waals surface area contributed by atoms with Crippen LogP contribution in [0, 0.1) is 0 Å².